The van der Waals surface area contributed by atoms with E-state index in [1.165, 1.54) is 0 Å². The van der Waals surface area contributed by atoms with E-state index in [1.54, 1.807) is 21.1 Å². The summed E-state index contributed by atoms with van der Waals surface area (Å²) in [5.74, 6) is -0.339. The highest BCUT2D eigenvalue weighted by Crippen LogP contribution is 1.99. The van der Waals surface area contributed by atoms with E-state index in [4.69, 9.17) is 14.2 Å². The molecule has 0 aromatic rings. The first-order valence-corrected chi connectivity index (χ1v) is 8.34. The summed E-state index contributed by atoms with van der Waals surface area (Å²) in [4.78, 5) is 11.0. The Kier molecular flexibility index (Phi) is 16.3. The van der Waals surface area contributed by atoms with Crippen LogP contribution in [0.15, 0.2) is 24.8 Å². The number of allylic oxidation sites excluding steroid dienone is 1. The van der Waals surface area contributed by atoms with Gasteiger partial charge < -0.3 is 14.2 Å². The maximum absolute atomic E-state index is 11.0. The van der Waals surface area contributed by atoms with Gasteiger partial charge in [0.15, 0.2) is 0 Å². The molecule has 0 aliphatic rings. The Labute approximate surface area is 119 Å². The Balaban J connectivity index is 0. The minimum absolute atomic E-state index is 0.0261. The van der Waals surface area contributed by atoms with Crippen LogP contribution in [0.2, 0.25) is 6.04 Å². The molecule has 0 spiro atoms. The van der Waals surface area contributed by atoms with Crippen LogP contribution in [-0.2, 0) is 19.0 Å². The highest BCUT2D eigenvalue weighted by molar-refractivity contribution is 6.36. The molecule has 0 unspecified atom stereocenters. The number of methoxy groups -OCH3 is 2. The van der Waals surface area contributed by atoms with E-state index in [-0.39, 0.29) is 11.9 Å². The molecule has 0 N–H and O–H groups in total. The lowest BCUT2D eigenvalue weighted by Crippen LogP contribution is -2.21. The van der Waals surface area contributed by atoms with Crippen LogP contribution < -0.4 is 0 Å². The molecule has 0 saturated heterocycles. The number of hydrogen-bond donors (Lipinski definition) is 0. The van der Waals surface area contributed by atoms with E-state index in [2.05, 4.69) is 20.1 Å². The van der Waals surface area contributed by atoms with Gasteiger partial charge in [0, 0.05) is 19.8 Å². The average Bonchev–Trinajstić information content (AvgIpc) is 2.42. The average molecular weight is 288 g/mol. The molecule has 0 heterocycles. The molecular formula is C14H28O4Si. The van der Waals surface area contributed by atoms with E-state index in [0.717, 1.165) is 18.9 Å². The fraction of sp³-hybridized carbons (Fsp3) is 0.643. The minimum atomic E-state index is -0.397. The molecule has 0 aromatic carbocycles. The normalized spacial score (nSPS) is 10.2. The molecule has 0 aliphatic heterocycles. The molecule has 0 aliphatic carbocycles. The summed E-state index contributed by atoms with van der Waals surface area (Å²) in [7, 11) is 2.89. The van der Waals surface area contributed by atoms with Crippen molar-refractivity contribution >= 4 is 15.5 Å². The lowest BCUT2D eigenvalue weighted by molar-refractivity contribution is -0.138. The number of ether oxygens (including phenoxy) is 3. The zero-order chi connectivity index (χ0) is 15.1. The molecule has 112 valence electrons. The largest absolute Gasteiger partial charge is 0.462 e. The van der Waals surface area contributed by atoms with Gasteiger partial charge in [-0.25, -0.2) is 4.79 Å². The van der Waals surface area contributed by atoms with Crippen LogP contribution in [0.4, 0.5) is 0 Å². The summed E-state index contributed by atoms with van der Waals surface area (Å²) in [6.07, 6.45) is 3.83. The summed E-state index contributed by atoms with van der Waals surface area (Å²) in [6.45, 7) is 11.1. The third-order valence-electron chi connectivity index (χ3n) is 2.23. The lowest BCUT2D eigenvalue weighted by Gasteiger charge is -2.12. The van der Waals surface area contributed by atoms with Crippen LogP contribution in [0.1, 0.15) is 26.7 Å². The second-order valence-electron chi connectivity index (χ2n) is 4.01. The fourth-order valence-corrected chi connectivity index (χ4v) is 2.33. The Morgan fingerprint density at radius 3 is 2.26 bits per heavy atom. The van der Waals surface area contributed by atoms with Crippen molar-refractivity contribution in [3.63, 3.8) is 0 Å². The first kappa shape index (κ1) is 20.4. The van der Waals surface area contributed by atoms with Gasteiger partial charge in [-0.3, -0.25) is 0 Å². The van der Waals surface area contributed by atoms with Crippen LogP contribution >= 0.6 is 0 Å². The molecule has 19 heavy (non-hydrogen) atoms. The SMILES string of the molecule is C=C(C)C(=O)OCCC[SiH2]C(OC)OC.C=CCC. The number of carbonyl (C=O) groups excluding carboxylic acids is 1. The Hall–Kier alpha value is -0.913. The lowest BCUT2D eigenvalue weighted by atomic mass is 10.4. The molecule has 0 radical (unpaired) electrons. The molecule has 0 saturated carbocycles. The predicted octanol–water partition coefficient (Wildman–Crippen LogP) is 2.24. The highest BCUT2D eigenvalue weighted by atomic mass is 28.2. The quantitative estimate of drug-likeness (QED) is 0.163. The summed E-state index contributed by atoms with van der Waals surface area (Å²) in [5, 5.41) is 0. The highest BCUT2D eigenvalue weighted by Gasteiger charge is 2.06. The van der Waals surface area contributed by atoms with E-state index in [0.29, 0.717) is 12.2 Å². The van der Waals surface area contributed by atoms with Gasteiger partial charge >= 0.3 is 5.97 Å². The van der Waals surface area contributed by atoms with Crippen molar-refractivity contribution in [1.29, 1.82) is 0 Å². The fourth-order valence-electron chi connectivity index (χ4n) is 1.03. The zero-order valence-corrected chi connectivity index (χ0v) is 14.2. The van der Waals surface area contributed by atoms with Crippen molar-refractivity contribution in [2.24, 2.45) is 0 Å². The maximum Gasteiger partial charge on any atom is 0.333 e. The third-order valence-corrected chi connectivity index (χ3v) is 4.28. The summed E-state index contributed by atoms with van der Waals surface area (Å²) in [6, 6.07) is 1.04. The van der Waals surface area contributed by atoms with Gasteiger partial charge in [-0.05, 0) is 19.8 Å². The maximum atomic E-state index is 11.0. The smallest absolute Gasteiger partial charge is 0.333 e. The molecule has 0 aromatic heterocycles. The van der Waals surface area contributed by atoms with Crippen molar-refractivity contribution in [2.75, 3.05) is 20.8 Å². The topological polar surface area (TPSA) is 44.8 Å². The second kappa shape index (κ2) is 15.1. The van der Waals surface area contributed by atoms with Gasteiger partial charge in [0.05, 0.1) is 16.1 Å². The molecule has 0 bridgehead atoms. The van der Waals surface area contributed by atoms with Crippen LogP contribution in [-0.4, -0.2) is 42.2 Å². The van der Waals surface area contributed by atoms with Crippen molar-refractivity contribution < 1.29 is 19.0 Å². The minimum Gasteiger partial charge on any atom is -0.462 e. The standard InChI is InChI=1S/C10H20O4Si.C4H8/c1-8(2)9(11)14-6-5-7-15-10(12-3)13-4;1-3-4-2/h10H,1,5-7,15H2,2-4H3;3H,1,4H2,2H3. The van der Waals surface area contributed by atoms with Crippen molar-refractivity contribution in [2.45, 2.75) is 38.6 Å². The second-order valence-corrected chi connectivity index (χ2v) is 5.96. The van der Waals surface area contributed by atoms with Crippen LogP contribution in [0.25, 0.3) is 0 Å². The Morgan fingerprint density at radius 1 is 1.37 bits per heavy atom. The van der Waals surface area contributed by atoms with Gasteiger partial charge in [-0.1, -0.05) is 25.6 Å². The number of hydrogen-bond acceptors (Lipinski definition) is 4. The van der Waals surface area contributed by atoms with Crippen molar-refractivity contribution in [3.8, 4) is 0 Å². The third kappa shape index (κ3) is 15.0. The molecule has 0 fully saturated rings. The first-order valence-electron chi connectivity index (χ1n) is 6.52. The predicted molar refractivity (Wildman–Crippen MR) is 82.0 cm³/mol. The van der Waals surface area contributed by atoms with E-state index < -0.39 is 9.52 Å². The number of rotatable bonds is 9. The zero-order valence-electron chi connectivity index (χ0n) is 12.7. The van der Waals surface area contributed by atoms with E-state index in [1.807, 2.05) is 6.08 Å². The van der Waals surface area contributed by atoms with Gasteiger partial charge in [-0.2, -0.15) is 0 Å². The number of esters is 1. The van der Waals surface area contributed by atoms with Gasteiger partial charge in [0.2, 0.25) is 0 Å². The van der Waals surface area contributed by atoms with Crippen LogP contribution in [0.3, 0.4) is 0 Å². The van der Waals surface area contributed by atoms with Crippen molar-refractivity contribution in [3.05, 3.63) is 24.8 Å². The molecule has 0 atom stereocenters. The molecular weight excluding hydrogens is 260 g/mol. The van der Waals surface area contributed by atoms with E-state index >= 15 is 0 Å². The van der Waals surface area contributed by atoms with E-state index in [9.17, 15) is 4.79 Å². The monoisotopic (exact) mass is 288 g/mol. The van der Waals surface area contributed by atoms with Gasteiger partial charge in [0.1, 0.15) is 5.91 Å². The van der Waals surface area contributed by atoms with Crippen LogP contribution in [0.5, 0.6) is 0 Å². The first-order chi connectivity index (χ1) is 9.03. The number of carbonyl (C=O) groups is 1. The Bertz CT molecular complexity index is 250. The van der Waals surface area contributed by atoms with Gasteiger partial charge in [0.25, 0.3) is 0 Å². The van der Waals surface area contributed by atoms with Gasteiger partial charge in [-0.15, -0.1) is 6.58 Å². The Morgan fingerprint density at radius 2 is 1.89 bits per heavy atom. The summed E-state index contributed by atoms with van der Waals surface area (Å²) >= 11 is 0. The summed E-state index contributed by atoms with van der Waals surface area (Å²) < 4.78 is 15.1. The van der Waals surface area contributed by atoms with Crippen molar-refractivity contribution in [1.82, 2.24) is 0 Å². The summed E-state index contributed by atoms with van der Waals surface area (Å²) in [5.41, 5.74) is 0.443. The van der Waals surface area contributed by atoms with Crippen LogP contribution in [0, 0.1) is 0 Å². The molecule has 4 nitrogen and oxygen atoms in total. The molecule has 5 heteroatoms. The molecule has 0 amide bonds. The molecule has 0 rings (SSSR count).